The predicted octanol–water partition coefficient (Wildman–Crippen LogP) is 2.84. The van der Waals surface area contributed by atoms with E-state index in [1.807, 2.05) is 0 Å². The van der Waals surface area contributed by atoms with Crippen molar-refractivity contribution in [3.63, 3.8) is 0 Å². The van der Waals surface area contributed by atoms with Gasteiger partial charge in [0.15, 0.2) is 0 Å². The van der Waals surface area contributed by atoms with Crippen LogP contribution in [0.25, 0.3) is 6.08 Å². The number of rotatable bonds is 5. The first-order chi connectivity index (χ1) is 10.7. The van der Waals surface area contributed by atoms with E-state index in [-0.39, 0.29) is 18.1 Å². The van der Waals surface area contributed by atoms with Crippen LogP contribution in [0.5, 0.6) is 5.88 Å². The van der Waals surface area contributed by atoms with Crippen LogP contribution in [0.15, 0.2) is 12.3 Å². The maximum Gasteiger partial charge on any atom is 0.407 e. The van der Waals surface area contributed by atoms with Gasteiger partial charge >= 0.3 is 11.8 Å². The zero-order chi connectivity index (χ0) is 17.6. The minimum atomic E-state index is -0.565. The maximum atomic E-state index is 11.5. The van der Waals surface area contributed by atoms with Crippen molar-refractivity contribution in [1.82, 2.24) is 10.3 Å². The number of methoxy groups -OCH3 is 1. The fourth-order valence-corrected chi connectivity index (χ4v) is 1.76. The largest absolute Gasteiger partial charge is 0.476 e. The van der Waals surface area contributed by atoms with E-state index in [2.05, 4.69) is 10.3 Å². The Balaban J connectivity index is 2.76. The summed E-state index contributed by atoms with van der Waals surface area (Å²) in [5, 5.41) is 13.7. The van der Waals surface area contributed by atoms with Gasteiger partial charge in [-0.25, -0.2) is 9.78 Å². The van der Waals surface area contributed by atoms with Gasteiger partial charge in [0, 0.05) is 23.9 Å². The third-order valence-corrected chi connectivity index (χ3v) is 2.75. The molecule has 0 radical (unpaired) electrons. The number of nitrogens with zero attached hydrogens (tertiary/aromatic N) is 2. The molecule has 1 N–H and O–H groups in total. The third-order valence-electron chi connectivity index (χ3n) is 2.75. The minimum absolute atomic E-state index is 0.0310. The number of aromatic nitrogens is 1. The summed E-state index contributed by atoms with van der Waals surface area (Å²) in [5.74, 6) is -0.0310. The summed E-state index contributed by atoms with van der Waals surface area (Å²) in [5.41, 5.74) is 0.277. The lowest BCUT2D eigenvalue weighted by Crippen LogP contribution is -2.32. The maximum absolute atomic E-state index is 11.5. The minimum Gasteiger partial charge on any atom is -0.476 e. The molecule has 0 saturated heterocycles. The van der Waals surface area contributed by atoms with Crippen LogP contribution in [0.4, 0.5) is 10.5 Å². The van der Waals surface area contributed by atoms with Gasteiger partial charge in [-0.1, -0.05) is 12.2 Å². The number of ether oxygens (including phenoxy) is 2. The Morgan fingerprint density at radius 2 is 2.13 bits per heavy atom. The lowest BCUT2D eigenvalue weighted by Gasteiger charge is -2.19. The molecule has 0 aliphatic carbocycles. The molecule has 0 spiro atoms. The molecule has 1 rings (SSSR count). The van der Waals surface area contributed by atoms with Gasteiger partial charge in [0.05, 0.1) is 12.0 Å². The first-order valence-electron chi connectivity index (χ1n) is 6.97. The summed E-state index contributed by atoms with van der Waals surface area (Å²) < 4.78 is 9.99. The Bertz CT molecular complexity index is 620. The lowest BCUT2D eigenvalue weighted by molar-refractivity contribution is -0.386. The van der Waals surface area contributed by atoms with Crippen molar-refractivity contribution in [1.29, 1.82) is 0 Å². The van der Waals surface area contributed by atoms with Crippen LogP contribution in [0.1, 0.15) is 31.9 Å². The summed E-state index contributed by atoms with van der Waals surface area (Å²) in [6, 6.07) is 0. The molecule has 23 heavy (non-hydrogen) atoms. The van der Waals surface area contributed by atoms with E-state index in [0.717, 1.165) is 0 Å². The lowest BCUT2D eigenvalue weighted by atomic mass is 10.1. The monoisotopic (exact) mass is 323 g/mol. The molecule has 0 unspecified atom stereocenters. The molecule has 8 nitrogen and oxygen atoms in total. The fourth-order valence-electron chi connectivity index (χ4n) is 1.76. The van der Waals surface area contributed by atoms with Crippen molar-refractivity contribution in [3.8, 4) is 5.88 Å². The van der Waals surface area contributed by atoms with Crippen LogP contribution < -0.4 is 10.1 Å². The van der Waals surface area contributed by atoms with Gasteiger partial charge in [0.25, 0.3) is 5.88 Å². The molecule has 1 amide bonds. The molecule has 1 aromatic heterocycles. The van der Waals surface area contributed by atoms with E-state index in [9.17, 15) is 14.9 Å². The van der Waals surface area contributed by atoms with Gasteiger partial charge in [-0.05, 0) is 27.7 Å². The van der Waals surface area contributed by atoms with E-state index in [1.165, 1.54) is 13.3 Å². The molecule has 0 aromatic carbocycles. The number of nitrogens with one attached hydrogen (secondary N) is 1. The molecule has 1 heterocycles. The number of hydrogen-bond acceptors (Lipinski definition) is 6. The van der Waals surface area contributed by atoms with E-state index in [0.29, 0.717) is 11.1 Å². The van der Waals surface area contributed by atoms with Gasteiger partial charge in [-0.15, -0.1) is 0 Å². The van der Waals surface area contributed by atoms with Crippen molar-refractivity contribution in [2.24, 2.45) is 0 Å². The summed E-state index contributed by atoms with van der Waals surface area (Å²) in [6.07, 6.45) is 4.25. The molecule has 8 heteroatoms. The van der Waals surface area contributed by atoms with Gasteiger partial charge in [-0.2, -0.15) is 0 Å². The number of pyridine rings is 1. The number of nitro groups is 1. The molecule has 1 aromatic rings. The number of carbonyl (C=O) groups is 1. The Morgan fingerprint density at radius 3 is 2.65 bits per heavy atom. The normalized spacial score (nSPS) is 11.3. The van der Waals surface area contributed by atoms with Crippen LogP contribution >= 0.6 is 0 Å². The van der Waals surface area contributed by atoms with Crippen molar-refractivity contribution in [3.05, 3.63) is 33.5 Å². The topological polar surface area (TPSA) is 104 Å². The van der Waals surface area contributed by atoms with Crippen molar-refractivity contribution < 1.29 is 19.2 Å². The zero-order valence-electron chi connectivity index (χ0n) is 13.9. The number of alkyl carbamates (subject to hydrolysis) is 1. The smallest absolute Gasteiger partial charge is 0.407 e. The third kappa shape index (κ3) is 5.57. The Morgan fingerprint density at radius 1 is 1.48 bits per heavy atom. The molecule has 0 fully saturated rings. The van der Waals surface area contributed by atoms with Crippen molar-refractivity contribution in [2.45, 2.75) is 33.3 Å². The number of carbonyl (C=O) groups excluding carboxylic acids is 1. The first kappa shape index (κ1) is 18.4. The molecule has 0 aliphatic rings. The van der Waals surface area contributed by atoms with Crippen molar-refractivity contribution in [2.75, 3.05) is 13.7 Å². The van der Waals surface area contributed by atoms with Crippen LogP contribution in [-0.4, -0.2) is 35.3 Å². The van der Waals surface area contributed by atoms with Crippen LogP contribution in [0, 0.1) is 17.0 Å². The Kier molecular flexibility index (Phi) is 6.06. The van der Waals surface area contributed by atoms with Crippen LogP contribution in [-0.2, 0) is 4.74 Å². The molecular weight excluding hydrogens is 302 g/mol. The van der Waals surface area contributed by atoms with E-state index < -0.39 is 16.6 Å². The highest BCUT2D eigenvalue weighted by Gasteiger charge is 2.21. The number of amides is 1. The average molecular weight is 323 g/mol. The molecule has 0 saturated carbocycles. The zero-order valence-corrected chi connectivity index (χ0v) is 13.9. The predicted molar refractivity (Wildman–Crippen MR) is 85.5 cm³/mol. The molecular formula is C15H21N3O5. The second-order valence-corrected chi connectivity index (χ2v) is 5.74. The molecule has 126 valence electrons. The highest BCUT2D eigenvalue weighted by molar-refractivity contribution is 5.68. The van der Waals surface area contributed by atoms with Gasteiger partial charge in [0.2, 0.25) is 0 Å². The van der Waals surface area contributed by atoms with Gasteiger partial charge < -0.3 is 14.8 Å². The van der Waals surface area contributed by atoms with Gasteiger partial charge in [0.1, 0.15) is 5.60 Å². The summed E-state index contributed by atoms with van der Waals surface area (Å²) >= 11 is 0. The average Bonchev–Trinajstić information content (AvgIpc) is 2.42. The quantitative estimate of drug-likeness (QED) is 0.660. The molecule has 0 aliphatic heterocycles. The molecule has 0 bridgehead atoms. The Labute approximate surface area is 134 Å². The summed E-state index contributed by atoms with van der Waals surface area (Å²) in [6.45, 7) is 7.16. The first-order valence-corrected chi connectivity index (χ1v) is 6.97. The SMILES string of the molecule is COc1ncc(C=CCNC(=O)OC(C)(C)C)c(C)c1[N+](=O)[O-]. The second kappa shape index (κ2) is 7.57. The number of hydrogen-bond donors (Lipinski definition) is 1. The van der Waals surface area contributed by atoms with E-state index >= 15 is 0 Å². The van der Waals surface area contributed by atoms with E-state index in [4.69, 9.17) is 9.47 Å². The summed E-state index contributed by atoms with van der Waals surface area (Å²) in [4.78, 5) is 26.0. The Hall–Kier alpha value is -2.64. The van der Waals surface area contributed by atoms with E-state index in [1.54, 1.807) is 39.8 Å². The highest BCUT2D eigenvalue weighted by Crippen LogP contribution is 2.30. The highest BCUT2D eigenvalue weighted by atomic mass is 16.6. The fraction of sp³-hybridized carbons (Fsp3) is 0.467. The second-order valence-electron chi connectivity index (χ2n) is 5.74. The standard InChI is InChI=1S/C15H21N3O5/c1-10-11(9-17-13(22-5)12(10)18(20)21)7-6-8-16-14(19)23-15(2,3)4/h6-7,9H,8H2,1-5H3,(H,16,19). The van der Waals surface area contributed by atoms with Crippen LogP contribution in [0.2, 0.25) is 0 Å². The summed E-state index contributed by atoms with van der Waals surface area (Å²) in [7, 11) is 1.33. The van der Waals surface area contributed by atoms with Crippen molar-refractivity contribution >= 4 is 17.9 Å². The van der Waals surface area contributed by atoms with Gasteiger partial charge in [-0.3, -0.25) is 10.1 Å². The van der Waals surface area contributed by atoms with Crippen LogP contribution in [0.3, 0.4) is 0 Å². The molecule has 0 atom stereocenters.